The van der Waals surface area contributed by atoms with E-state index >= 15 is 0 Å². The van der Waals surface area contributed by atoms with Gasteiger partial charge in [0.2, 0.25) is 0 Å². The van der Waals surface area contributed by atoms with E-state index in [2.05, 4.69) is 29.2 Å². The molecule has 0 atom stereocenters. The summed E-state index contributed by atoms with van der Waals surface area (Å²) in [6.07, 6.45) is 4.14. The summed E-state index contributed by atoms with van der Waals surface area (Å²) >= 11 is 0. The molecular formula is C16H25N3O2. The third kappa shape index (κ3) is 4.70. The molecule has 0 spiro atoms. The maximum Gasteiger partial charge on any atom is 0.335 e. The van der Waals surface area contributed by atoms with Gasteiger partial charge in [-0.1, -0.05) is 13.3 Å². The molecule has 1 saturated heterocycles. The van der Waals surface area contributed by atoms with E-state index in [0.717, 1.165) is 38.2 Å². The number of nitrogens with zero attached hydrogens (tertiary/aromatic N) is 2. The van der Waals surface area contributed by atoms with Crippen molar-refractivity contribution in [1.82, 2.24) is 9.88 Å². The van der Waals surface area contributed by atoms with Crippen LogP contribution in [0.4, 0.5) is 5.82 Å². The van der Waals surface area contributed by atoms with Crippen LogP contribution in [0, 0.1) is 5.92 Å². The fraction of sp³-hybridized carbons (Fsp3) is 0.625. The molecule has 0 saturated carbocycles. The molecule has 2 N–H and O–H groups in total. The number of aromatic nitrogens is 1. The van der Waals surface area contributed by atoms with E-state index in [1.807, 2.05) is 0 Å². The number of hydrogen-bond donors (Lipinski definition) is 2. The number of piperidine rings is 1. The van der Waals surface area contributed by atoms with Gasteiger partial charge >= 0.3 is 5.97 Å². The van der Waals surface area contributed by atoms with Crippen LogP contribution in [-0.4, -0.2) is 47.6 Å². The first-order valence-electron chi connectivity index (χ1n) is 7.75. The van der Waals surface area contributed by atoms with Gasteiger partial charge in [-0.15, -0.1) is 0 Å². The van der Waals surface area contributed by atoms with E-state index in [1.54, 1.807) is 12.1 Å². The van der Waals surface area contributed by atoms with Gasteiger partial charge in [0, 0.05) is 12.2 Å². The Kier molecular flexibility index (Phi) is 5.56. The quantitative estimate of drug-likeness (QED) is 0.843. The van der Waals surface area contributed by atoms with Gasteiger partial charge < -0.3 is 15.3 Å². The highest BCUT2D eigenvalue weighted by Gasteiger charge is 2.17. The summed E-state index contributed by atoms with van der Waals surface area (Å²) in [5.74, 6) is 0.445. The third-order valence-electron chi connectivity index (χ3n) is 4.04. The predicted molar refractivity (Wildman–Crippen MR) is 83.9 cm³/mol. The number of carbonyl (C=O) groups is 1. The van der Waals surface area contributed by atoms with Crippen LogP contribution in [0.25, 0.3) is 0 Å². The second kappa shape index (κ2) is 7.41. The number of carboxylic acids is 1. The van der Waals surface area contributed by atoms with Gasteiger partial charge in [0.15, 0.2) is 0 Å². The fourth-order valence-electron chi connectivity index (χ4n) is 2.70. The fourth-order valence-corrected chi connectivity index (χ4v) is 2.70. The van der Waals surface area contributed by atoms with Crippen molar-refractivity contribution < 1.29 is 9.90 Å². The molecule has 21 heavy (non-hydrogen) atoms. The summed E-state index contributed by atoms with van der Waals surface area (Å²) in [5, 5.41) is 12.5. The van der Waals surface area contributed by atoms with Crippen LogP contribution in [0.5, 0.6) is 0 Å². The summed E-state index contributed by atoms with van der Waals surface area (Å²) in [6, 6.07) is 3.31. The lowest BCUT2D eigenvalue weighted by atomic mass is 9.97. The third-order valence-corrected chi connectivity index (χ3v) is 4.04. The number of aryl methyl sites for hydroxylation is 1. The Morgan fingerprint density at radius 1 is 1.43 bits per heavy atom. The van der Waals surface area contributed by atoms with Gasteiger partial charge in [0.1, 0.15) is 5.82 Å². The molecule has 0 aliphatic carbocycles. The molecule has 0 amide bonds. The largest absolute Gasteiger partial charge is 0.478 e. The number of nitrogens with one attached hydrogen (secondary N) is 1. The van der Waals surface area contributed by atoms with Crippen LogP contribution in [-0.2, 0) is 6.42 Å². The van der Waals surface area contributed by atoms with Gasteiger partial charge in [0.05, 0.1) is 5.56 Å². The van der Waals surface area contributed by atoms with E-state index < -0.39 is 5.97 Å². The number of aromatic carboxylic acids is 1. The van der Waals surface area contributed by atoms with Crippen molar-refractivity contribution >= 4 is 11.8 Å². The highest BCUT2D eigenvalue weighted by Crippen LogP contribution is 2.18. The van der Waals surface area contributed by atoms with Gasteiger partial charge in [-0.2, -0.15) is 0 Å². The maximum atomic E-state index is 11.2. The van der Waals surface area contributed by atoms with E-state index in [1.165, 1.54) is 12.8 Å². The van der Waals surface area contributed by atoms with Gasteiger partial charge in [-0.3, -0.25) is 0 Å². The van der Waals surface area contributed by atoms with E-state index in [-0.39, 0.29) is 0 Å². The zero-order chi connectivity index (χ0) is 15.2. The lowest BCUT2D eigenvalue weighted by molar-refractivity contribution is 0.0696. The van der Waals surface area contributed by atoms with Crippen molar-refractivity contribution in [2.75, 3.05) is 32.0 Å². The Balaban J connectivity index is 1.99. The summed E-state index contributed by atoms with van der Waals surface area (Å²) in [5.41, 5.74) is 1.17. The van der Waals surface area contributed by atoms with Crippen LogP contribution in [0.1, 0.15) is 42.2 Å². The first-order chi connectivity index (χ1) is 10.1. The molecule has 0 bridgehead atoms. The number of anilines is 1. The van der Waals surface area contributed by atoms with E-state index in [0.29, 0.717) is 17.3 Å². The number of carboxylic acid groups (broad SMARTS) is 1. The second-order valence-corrected chi connectivity index (χ2v) is 5.92. The number of likely N-dealkylation sites (tertiary alicyclic amines) is 1. The number of rotatable bonds is 6. The lowest BCUT2D eigenvalue weighted by Crippen LogP contribution is -2.33. The summed E-state index contributed by atoms with van der Waals surface area (Å²) < 4.78 is 0. The smallest absolute Gasteiger partial charge is 0.335 e. The van der Waals surface area contributed by atoms with Crippen LogP contribution >= 0.6 is 0 Å². The highest BCUT2D eigenvalue weighted by molar-refractivity contribution is 5.88. The van der Waals surface area contributed by atoms with Crippen molar-refractivity contribution in [2.24, 2.45) is 5.92 Å². The van der Waals surface area contributed by atoms with Crippen molar-refractivity contribution in [1.29, 1.82) is 0 Å². The minimum absolute atomic E-state index is 0.319. The monoisotopic (exact) mass is 291 g/mol. The molecule has 1 aliphatic rings. The normalized spacial score (nSPS) is 16.9. The Morgan fingerprint density at radius 2 is 2.14 bits per heavy atom. The molecule has 0 unspecified atom stereocenters. The molecule has 5 heteroatoms. The van der Waals surface area contributed by atoms with Gasteiger partial charge in [0.25, 0.3) is 0 Å². The number of hydrogen-bond acceptors (Lipinski definition) is 4. The minimum Gasteiger partial charge on any atom is -0.478 e. The summed E-state index contributed by atoms with van der Waals surface area (Å²) in [7, 11) is 2.15. The average molecular weight is 291 g/mol. The average Bonchev–Trinajstić information content (AvgIpc) is 2.47. The van der Waals surface area contributed by atoms with E-state index in [4.69, 9.17) is 0 Å². The number of pyridine rings is 1. The molecule has 116 valence electrons. The van der Waals surface area contributed by atoms with E-state index in [9.17, 15) is 9.90 Å². The molecule has 2 rings (SSSR count). The topological polar surface area (TPSA) is 65.5 Å². The zero-order valence-corrected chi connectivity index (χ0v) is 12.9. The van der Waals surface area contributed by atoms with Crippen molar-refractivity contribution in [2.45, 2.75) is 32.6 Å². The zero-order valence-electron chi connectivity index (χ0n) is 12.9. The van der Waals surface area contributed by atoms with Crippen molar-refractivity contribution in [3.63, 3.8) is 0 Å². The molecule has 1 aromatic rings. The SMILES string of the molecule is CCCc1cc(C(=O)O)cc(NCC2CCN(C)CC2)n1. The first-order valence-corrected chi connectivity index (χ1v) is 7.75. The van der Waals surface area contributed by atoms with Crippen molar-refractivity contribution in [3.05, 3.63) is 23.4 Å². The summed E-state index contributed by atoms with van der Waals surface area (Å²) in [4.78, 5) is 18.1. The molecule has 1 fully saturated rings. The predicted octanol–water partition coefficient (Wildman–Crippen LogP) is 2.49. The standard InChI is InChI=1S/C16H25N3O2/c1-3-4-14-9-13(16(20)21)10-15(18-14)17-11-12-5-7-19(2)8-6-12/h9-10,12H,3-8,11H2,1-2H3,(H,17,18)(H,20,21). The van der Waals surface area contributed by atoms with Crippen LogP contribution in [0.15, 0.2) is 12.1 Å². The summed E-state index contributed by atoms with van der Waals surface area (Å²) in [6.45, 7) is 5.21. The Hall–Kier alpha value is -1.62. The molecule has 1 aromatic heterocycles. The Morgan fingerprint density at radius 3 is 2.76 bits per heavy atom. The second-order valence-electron chi connectivity index (χ2n) is 5.92. The van der Waals surface area contributed by atoms with Crippen LogP contribution in [0.3, 0.4) is 0 Å². The Bertz CT molecular complexity index is 482. The van der Waals surface area contributed by atoms with Gasteiger partial charge in [-0.05, 0) is 57.5 Å². The first kappa shape index (κ1) is 15.8. The molecule has 0 radical (unpaired) electrons. The molecule has 0 aromatic carbocycles. The Labute approximate surface area is 126 Å². The maximum absolute atomic E-state index is 11.2. The molecule has 1 aliphatic heterocycles. The lowest BCUT2D eigenvalue weighted by Gasteiger charge is -2.29. The van der Waals surface area contributed by atoms with Crippen LogP contribution in [0.2, 0.25) is 0 Å². The van der Waals surface area contributed by atoms with Gasteiger partial charge in [-0.25, -0.2) is 9.78 Å². The minimum atomic E-state index is -0.892. The molecule has 2 heterocycles. The van der Waals surface area contributed by atoms with Crippen LogP contribution < -0.4 is 5.32 Å². The highest BCUT2D eigenvalue weighted by atomic mass is 16.4. The van der Waals surface area contributed by atoms with Crippen molar-refractivity contribution in [3.8, 4) is 0 Å². The molecular weight excluding hydrogens is 266 g/mol. The molecule has 5 nitrogen and oxygen atoms in total.